The van der Waals surface area contributed by atoms with Crippen LogP contribution in [-0.2, 0) is 33.0 Å². The summed E-state index contributed by atoms with van der Waals surface area (Å²) in [6, 6.07) is 10.6. The first kappa shape index (κ1) is 35.7. The molecule has 0 radical (unpaired) electrons. The fraction of sp³-hybridized carbons (Fsp3) is 0.593. The maximum absolute atomic E-state index is 12.8. The average Bonchev–Trinajstić information content (AvgIpc) is 3.66. The number of carboxylic acids is 2. The van der Waals surface area contributed by atoms with Gasteiger partial charge in [0.25, 0.3) is 5.91 Å². The van der Waals surface area contributed by atoms with Gasteiger partial charge in [-0.15, -0.1) is 10.2 Å². The highest BCUT2D eigenvalue weighted by Gasteiger charge is 2.47. The zero-order valence-electron chi connectivity index (χ0n) is 24.3. The highest BCUT2D eigenvalue weighted by atomic mass is 19.4. The van der Waals surface area contributed by atoms with E-state index >= 15 is 0 Å². The number of hydrogen-bond acceptors (Lipinski definition) is 8. The number of amides is 1. The van der Waals surface area contributed by atoms with E-state index in [1.165, 1.54) is 5.56 Å². The second kappa shape index (κ2) is 15.0. The zero-order valence-corrected chi connectivity index (χ0v) is 24.3. The summed E-state index contributed by atoms with van der Waals surface area (Å²) in [5, 5.41) is 26.1. The number of carbonyl (C=O) groups is 3. The first-order valence-corrected chi connectivity index (χ1v) is 14.0. The monoisotopic (exact) mass is 652 g/mol. The van der Waals surface area contributed by atoms with Crippen molar-refractivity contribution in [1.82, 2.24) is 29.9 Å². The summed E-state index contributed by atoms with van der Waals surface area (Å²) in [6.07, 6.45) is -5.99. The van der Waals surface area contributed by atoms with Gasteiger partial charge in [0, 0.05) is 45.9 Å². The molecule has 1 spiro atoms. The Morgan fingerprint density at radius 2 is 1.53 bits per heavy atom. The summed E-state index contributed by atoms with van der Waals surface area (Å²) in [6.45, 7) is 5.97. The van der Waals surface area contributed by atoms with Gasteiger partial charge in [-0.2, -0.15) is 26.3 Å². The quantitative estimate of drug-likeness (QED) is 0.412. The van der Waals surface area contributed by atoms with Crippen molar-refractivity contribution in [3.63, 3.8) is 0 Å². The van der Waals surface area contributed by atoms with Crippen molar-refractivity contribution in [2.75, 3.05) is 39.8 Å². The van der Waals surface area contributed by atoms with Gasteiger partial charge in [0.1, 0.15) is 0 Å². The number of nitrogens with zero attached hydrogens (tertiary/aromatic N) is 5. The lowest BCUT2D eigenvalue weighted by molar-refractivity contribution is -0.193. The number of ether oxygens (including phenoxy) is 1. The third kappa shape index (κ3) is 9.61. The summed E-state index contributed by atoms with van der Waals surface area (Å²) in [7, 11) is 2.18. The van der Waals surface area contributed by atoms with Crippen molar-refractivity contribution >= 4 is 17.8 Å². The van der Waals surface area contributed by atoms with Crippen LogP contribution >= 0.6 is 0 Å². The summed E-state index contributed by atoms with van der Waals surface area (Å²) in [4.78, 5) is 35.6. The minimum Gasteiger partial charge on any atom is -0.475 e. The number of likely N-dealkylation sites (N-methyl/N-ethyl adjacent to an activating group) is 1. The van der Waals surface area contributed by atoms with E-state index in [2.05, 4.69) is 67.3 Å². The molecule has 18 heteroatoms. The van der Waals surface area contributed by atoms with Gasteiger partial charge in [-0.25, -0.2) is 9.59 Å². The van der Waals surface area contributed by atoms with Crippen LogP contribution in [0.5, 0.6) is 0 Å². The zero-order chi connectivity index (χ0) is 33.4. The third-order valence-electron chi connectivity index (χ3n) is 7.69. The predicted octanol–water partition coefficient (Wildman–Crippen LogP) is 2.89. The third-order valence-corrected chi connectivity index (χ3v) is 7.69. The normalized spacial score (nSPS) is 19.8. The van der Waals surface area contributed by atoms with E-state index in [1.54, 1.807) is 0 Å². The van der Waals surface area contributed by atoms with E-state index in [-0.39, 0.29) is 17.6 Å². The fourth-order valence-electron chi connectivity index (χ4n) is 5.28. The van der Waals surface area contributed by atoms with Gasteiger partial charge in [-0.05, 0) is 38.3 Å². The second-order valence-corrected chi connectivity index (χ2v) is 10.7. The van der Waals surface area contributed by atoms with Crippen molar-refractivity contribution in [2.24, 2.45) is 0 Å². The van der Waals surface area contributed by atoms with Crippen LogP contribution in [-0.4, -0.2) is 111 Å². The number of nitrogens with one attached hydrogen (secondary N) is 1. The Bertz CT molecular complexity index is 1270. The number of benzene rings is 1. The summed E-state index contributed by atoms with van der Waals surface area (Å²) in [5.41, 5.74) is 1.20. The molecule has 2 saturated heterocycles. The number of halogens is 6. The van der Waals surface area contributed by atoms with Crippen LogP contribution in [0.15, 0.2) is 30.3 Å². The van der Waals surface area contributed by atoms with Gasteiger partial charge in [0.15, 0.2) is 5.82 Å². The molecule has 2 fully saturated rings. The highest BCUT2D eigenvalue weighted by molar-refractivity contribution is 5.90. The van der Waals surface area contributed by atoms with Crippen molar-refractivity contribution in [1.29, 1.82) is 0 Å². The maximum Gasteiger partial charge on any atom is 0.490 e. The molecule has 0 aliphatic carbocycles. The molecule has 3 aliphatic heterocycles. The molecule has 1 unspecified atom stereocenters. The van der Waals surface area contributed by atoms with Crippen LogP contribution in [0.25, 0.3) is 0 Å². The molecule has 1 aromatic heterocycles. The largest absolute Gasteiger partial charge is 0.490 e. The molecule has 3 N–H and O–H groups in total. The summed E-state index contributed by atoms with van der Waals surface area (Å²) < 4.78 is 71.1. The van der Waals surface area contributed by atoms with E-state index in [1.807, 2.05) is 0 Å². The Morgan fingerprint density at radius 3 is 2.04 bits per heavy atom. The number of rotatable bonds is 5. The van der Waals surface area contributed by atoms with Gasteiger partial charge >= 0.3 is 24.3 Å². The lowest BCUT2D eigenvalue weighted by Gasteiger charge is -2.49. The van der Waals surface area contributed by atoms with Crippen molar-refractivity contribution in [3.05, 3.63) is 47.5 Å². The Balaban J connectivity index is 0.000000331. The maximum atomic E-state index is 12.8. The topological polar surface area (TPSA) is 150 Å². The van der Waals surface area contributed by atoms with Gasteiger partial charge in [0.2, 0.25) is 5.82 Å². The number of carboxylic acid groups (broad SMARTS) is 2. The minimum absolute atomic E-state index is 0.124. The van der Waals surface area contributed by atoms with Crippen LogP contribution < -0.4 is 5.32 Å². The van der Waals surface area contributed by atoms with Gasteiger partial charge in [-0.3, -0.25) is 14.6 Å². The number of aromatic nitrogens is 3. The molecule has 250 valence electrons. The number of piperidine rings is 1. The van der Waals surface area contributed by atoms with E-state index in [0.717, 1.165) is 70.8 Å². The van der Waals surface area contributed by atoms with Crippen LogP contribution in [0.4, 0.5) is 26.3 Å². The van der Waals surface area contributed by atoms with Gasteiger partial charge in [0.05, 0.1) is 11.6 Å². The van der Waals surface area contributed by atoms with Gasteiger partial charge < -0.3 is 24.8 Å². The van der Waals surface area contributed by atoms with E-state index in [4.69, 9.17) is 24.5 Å². The number of hydrogen-bond donors (Lipinski definition) is 3. The number of likely N-dealkylation sites (tertiary alicyclic amines) is 1. The highest BCUT2D eigenvalue weighted by Crippen LogP contribution is 2.40. The molecule has 1 atom stereocenters. The minimum atomic E-state index is -5.08. The number of aliphatic carboxylic acids is 2. The first-order chi connectivity index (χ1) is 21.0. The smallest absolute Gasteiger partial charge is 0.475 e. The molecule has 12 nitrogen and oxygen atoms in total. The Kier molecular flexibility index (Phi) is 11.9. The Labute approximate surface area is 253 Å². The molecule has 0 bridgehead atoms. The molecule has 1 amide bonds. The molecule has 0 saturated carbocycles. The SMILES string of the molecule is CN1CCn2c(C(=O)NCC3CCCO3)nnc2C12CCN(Cc1ccccc1)CC2.O=C(O)C(F)(F)F.O=C(O)C(F)(F)F. The van der Waals surface area contributed by atoms with E-state index < -0.39 is 24.3 Å². The van der Waals surface area contributed by atoms with Crippen LogP contribution in [0, 0.1) is 0 Å². The fourth-order valence-corrected chi connectivity index (χ4v) is 5.28. The molecule has 1 aromatic carbocycles. The van der Waals surface area contributed by atoms with E-state index in [9.17, 15) is 31.1 Å². The molecule has 45 heavy (non-hydrogen) atoms. The van der Waals surface area contributed by atoms with Crippen LogP contribution in [0.2, 0.25) is 0 Å². The van der Waals surface area contributed by atoms with Crippen molar-refractivity contribution in [3.8, 4) is 0 Å². The standard InChI is InChI=1S/C23H32N6O2.2C2HF3O2/c1-27-13-14-29-20(21(30)24-16-19-8-5-15-31-19)25-26-22(29)23(27)9-11-28(12-10-23)17-18-6-3-2-4-7-18;2*3-2(4,5)1(6)7/h2-4,6-7,19H,5,8-17H2,1H3,(H,24,30);2*(H,6,7). The lowest BCUT2D eigenvalue weighted by Crippen LogP contribution is -2.56. The van der Waals surface area contributed by atoms with E-state index in [0.29, 0.717) is 12.4 Å². The van der Waals surface area contributed by atoms with Gasteiger partial charge in [-0.1, -0.05) is 30.3 Å². The van der Waals surface area contributed by atoms with Crippen molar-refractivity contribution < 1.29 is 55.7 Å². The number of fused-ring (bicyclic) bond motifs is 2. The average molecular weight is 653 g/mol. The molecule has 4 heterocycles. The molecule has 2 aromatic rings. The molecule has 5 rings (SSSR count). The molecular formula is C27H34F6N6O6. The number of carbonyl (C=O) groups excluding carboxylic acids is 1. The summed E-state index contributed by atoms with van der Waals surface area (Å²) >= 11 is 0. The first-order valence-electron chi connectivity index (χ1n) is 14.0. The number of alkyl halides is 6. The Hall–Kier alpha value is -3.77. The summed E-state index contributed by atoms with van der Waals surface area (Å²) in [5.74, 6) is -4.27. The Morgan fingerprint density at radius 1 is 0.956 bits per heavy atom. The molecular weight excluding hydrogens is 618 g/mol. The van der Waals surface area contributed by atoms with Crippen molar-refractivity contribution in [2.45, 2.75) is 62.8 Å². The van der Waals surface area contributed by atoms with Crippen LogP contribution in [0.1, 0.15) is 47.7 Å². The lowest BCUT2D eigenvalue weighted by atomic mass is 9.83. The predicted molar refractivity (Wildman–Crippen MR) is 144 cm³/mol. The molecule has 3 aliphatic rings. The second-order valence-electron chi connectivity index (χ2n) is 10.7. The van der Waals surface area contributed by atoms with Crippen LogP contribution in [0.3, 0.4) is 0 Å².